The van der Waals surface area contributed by atoms with Crippen LogP contribution in [0.5, 0.6) is 0 Å². The molecule has 2 aromatic rings. The molecule has 5 nitrogen and oxygen atoms in total. The summed E-state index contributed by atoms with van der Waals surface area (Å²) >= 11 is 0. The first kappa shape index (κ1) is 17.1. The van der Waals surface area contributed by atoms with Gasteiger partial charge in [0.2, 0.25) is 10.0 Å². The molecule has 1 aliphatic heterocycles. The topological polar surface area (TPSA) is 57.7 Å². The molecule has 2 aromatic carbocycles. The first-order valence-electron chi connectivity index (χ1n) is 8.82. The molecule has 4 rings (SSSR count). The highest BCUT2D eigenvalue weighted by Gasteiger charge is 2.31. The number of anilines is 1. The number of amides is 1. The lowest BCUT2D eigenvalue weighted by Crippen LogP contribution is -2.30. The lowest BCUT2D eigenvalue weighted by molar-refractivity contribution is 0.0730. The van der Waals surface area contributed by atoms with E-state index in [0.29, 0.717) is 24.2 Å². The summed E-state index contributed by atoms with van der Waals surface area (Å²) in [6, 6.07) is 13.7. The van der Waals surface area contributed by atoms with Crippen LogP contribution >= 0.6 is 0 Å². The maximum atomic E-state index is 13.0. The van der Waals surface area contributed by atoms with Crippen LogP contribution in [0.3, 0.4) is 0 Å². The number of rotatable bonds is 3. The molecule has 0 fully saturated rings. The molecule has 6 heteroatoms. The molecule has 0 radical (unpaired) electrons. The fraction of sp³-hybridized carbons (Fsp3) is 0.350. The van der Waals surface area contributed by atoms with Gasteiger partial charge in [-0.1, -0.05) is 24.3 Å². The Morgan fingerprint density at radius 1 is 1.12 bits per heavy atom. The van der Waals surface area contributed by atoms with Crippen molar-refractivity contribution in [1.82, 2.24) is 4.90 Å². The zero-order valence-corrected chi connectivity index (χ0v) is 15.8. The largest absolute Gasteiger partial charge is 0.335 e. The normalized spacial score (nSPS) is 18.5. The number of aryl methyl sites for hydroxylation is 1. The number of benzene rings is 2. The molecule has 2 aliphatic rings. The summed E-state index contributed by atoms with van der Waals surface area (Å²) in [6.45, 7) is 0.442. The predicted octanol–water partition coefficient (Wildman–Crippen LogP) is 2.77. The average Bonchev–Trinajstić information content (AvgIpc) is 3.23. The Balaban J connectivity index is 1.60. The van der Waals surface area contributed by atoms with E-state index in [9.17, 15) is 13.2 Å². The van der Waals surface area contributed by atoms with Crippen LogP contribution in [0.4, 0.5) is 5.69 Å². The van der Waals surface area contributed by atoms with Crippen molar-refractivity contribution in [3.8, 4) is 0 Å². The number of sulfonamides is 1. The van der Waals surface area contributed by atoms with E-state index in [1.54, 1.807) is 12.1 Å². The van der Waals surface area contributed by atoms with Gasteiger partial charge >= 0.3 is 0 Å². The fourth-order valence-corrected chi connectivity index (χ4v) is 5.09. The Morgan fingerprint density at radius 2 is 1.88 bits per heavy atom. The molecule has 136 valence electrons. The summed E-state index contributed by atoms with van der Waals surface area (Å²) in [4.78, 5) is 14.8. The van der Waals surface area contributed by atoms with Crippen LogP contribution in [0.25, 0.3) is 0 Å². The van der Waals surface area contributed by atoms with E-state index in [1.165, 1.54) is 21.7 Å². The van der Waals surface area contributed by atoms with E-state index >= 15 is 0 Å². The van der Waals surface area contributed by atoms with Crippen molar-refractivity contribution in [1.29, 1.82) is 0 Å². The van der Waals surface area contributed by atoms with Crippen LogP contribution in [-0.2, 0) is 22.9 Å². The molecule has 0 spiro atoms. The molecular weight excluding hydrogens is 348 g/mol. The van der Waals surface area contributed by atoms with Gasteiger partial charge in [-0.05, 0) is 54.2 Å². The Morgan fingerprint density at radius 3 is 2.65 bits per heavy atom. The SMILES string of the molecule is CN(C(=O)c1ccc2c(c1)CCN2S(C)(=O)=O)[C@H]1CCc2ccccc21. The minimum atomic E-state index is -3.27. The van der Waals surface area contributed by atoms with Crippen molar-refractivity contribution in [3.63, 3.8) is 0 Å². The second kappa shape index (κ2) is 6.13. The van der Waals surface area contributed by atoms with Crippen LogP contribution in [0.1, 0.15) is 39.5 Å². The van der Waals surface area contributed by atoms with Crippen molar-refractivity contribution in [2.75, 3.05) is 24.2 Å². The second-order valence-electron chi connectivity index (χ2n) is 7.10. The second-order valence-corrected chi connectivity index (χ2v) is 9.00. The smallest absolute Gasteiger partial charge is 0.254 e. The molecule has 0 saturated carbocycles. The minimum Gasteiger partial charge on any atom is -0.335 e. The van der Waals surface area contributed by atoms with Crippen LogP contribution in [-0.4, -0.2) is 39.1 Å². The van der Waals surface area contributed by atoms with E-state index in [-0.39, 0.29) is 11.9 Å². The van der Waals surface area contributed by atoms with Gasteiger partial charge in [-0.3, -0.25) is 9.10 Å². The number of fused-ring (bicyclic) bond motifs is 2. The summed E-state index contributed by atoms with van der Waals surface area (Å²) in [5.41, 5.74) is 4.77. The summed E-state index contributed by atoms with van der Waals surface area (Å²) in [6.07, 6.45) is 3.78. The van der Waals surface area contributed by atoms with Crippen LogP contribution < -0.4 is 4.31 Å². The molecule has 1 atom stereocenters. The van der Waals surface area contributed by atoms with Gasteiger partial charge in [0, 0.05) is 19.2 Å². The number of carbonyl (C=O) groups excluding carboxylic acids is 1. The molecule has 1 heterocycles. The molecule has 0 saturated heterocycles. The zero-order chi connectivity index (χ0) is 18.5. The Labute approximate surface area is 154 Å². The highest BCUT2D eigenvalue weighted by Crippen LogP contribution is 2.36. The van der Waals surface area contributed by atoms with Gasteiger partial charge in [0.05, 0.1) is 18.0 Å². The Kier molecular flexibility index (Phi) is 4.03. The first-order chi connectivity index (χ1) is 12.4. The molecule has 0 bridgehead atoms. The lowest BCUT2D eigenvalue weighted by atomic mass is 10.0. The van der Waals surface area contributed by atoms with Crippen molar-refractivity contribution >= 4 is 21.6 Å². The summed E-state index contributed by atoms with van der Waals surface area (Å²) in [7, 11) is -1.42. The Bertz CT molecular complexity index is 984. The van der Waals surface area contributed by atoms with E-state index in [2.05, 4.69) is 12.1 Å². The van der Waals surface area contributed by atoms with E-state index in [0.717, 1.165) is 18.4 Å². The number of carbonyl (C=O) groups is 1. The molecule has 0 aromatic heterocycles. The van der Waals surface area contributed by atoms with Gasteiger partial charge in [-0.15, -0.1) is 0 Å². The van der Waals surface area contributed by atoms with E-state index < -0.39 is 10.0 Å². The van der Waals surface area contributed by atoms with Crippen molar-refractivity contribution in [2.45, 2.75) is 25.3 Å². The van der Waals surface area contributed by atoms with Crippen molar-refractivity contribution in [2.24, 2.45) is 0 Å². The summed E-state index contributed by atoms with van der Waals surface area (Å²) < 4.78 is 25.1. The highest BCUT2D eigenvalue weighted by molar-refractivity contribution is 7.92. The maximum absolute atomic E-state index is 13.0. The van der Waals surface area contributed by atoms with Crippen LogP contribution in [0.15, 0.2) is 42.5 Å². The van der Waals surface area contributed by atoms with Gasteiger partial charge in [-0.2, -0.15) is 0 Å². The van der Waals surface area contributed by atoms with Gasteiger partial charge in [0.1, 0.15) is 0 Å². The Hall–Kier alpha value is -2.34. The van der Waals surface area contributed by atoms with Gasteiger partial charge in [0.25, 0.3) is 5.91 Å². The van der Waals surface area contributed by atoms with Gasteiger partial charge < -0.3 is 4.90 Å². The van der Waals surface area contributed by atoms with E-state index in [4.69, 9.17) is 0 Å². The third kappa shape index (κ3) is 2.78. The maximum Gasteiger partial charge on any atom is 0.254 e. The number of hydrogen-bond acceptors (Lipinski definition) is 3. The fourth-order valence-electron chi connectivity index (χ4n) is 4.13. The number of hydrogen-bond donors (Lipinski definition) is 0. The standard InChI is InChI=1S/C20H22N2O3S/c1-21(19-10-7-14-5-3-4-6-17(14)19)20(23)16-8-9-18-15(13-16)11-12-22(18)26(2,24)25/h3-6,8-9,13,19H,7,10-12H2,1-2H3/t19-/m0/s1. The predicted molar refractivity (Wildman–Crippen MR) is 102 cm³/mol. The lowest BCUT2D eigenvalue weighted by Gasteiger charge is -2.26. The van der Waals surface area contributed by atoms with Crippen molar-refractivity contribution < 1.29 is 13.2 Å². The molecule has 0 unspecified atom stereocenters. The molecule has 26 heavy (non-hydrogen) atoms. The van der Waals surface area contributed by atoms with Crippen LogP contribution in [0.2, 0.25) is 0 Å². The van der Waals surface area contributed by atoms with E-state index in [1.807, 2.05) is 30.1 Å². The van der Waals surface area contributed by atoms with Crippen molar-refractivity contribution in [3.05, 3.63) is 64.7 Å². The molecular formula is C20H22N2O3S. The summed E-state index contributed by atoms with van der Waals surface area (Å²) in [5, 5.41) is 0. The van der Waals surface area contributed by atoms with Gasteiger partial charge in [-0.25, -0.2) is 8.42 Å². The van der Waals surface area contributed by atoms with Crippen LogP contribution in [0, 0.1) is 0 Å². The zero-order valence-electron chi connectivity index (χ0n) is 15.0. The quantitative estimate of drug-likeness (QED) is 0.835. The van der Waals surface area contributed by atoms with Gasteiger partial charge in [0.15, 0.2) is 0 Å². The average molecular weight is 370 g/mol. The summed E-state index contributed by atoms with van der Waals surface area (Å²) in [5.74, 6) is -0.0210. The third-order valence-electron chi connectivity index (χ3n) is 5.47. The highest BCUT2D eigenvalue weighted by atomic mass is 32.2. The molecule has 0 N–H and O–H groups in total. The minimum absolute atomic E-state index is 0.0210. The molecule has 1 aliphatic carbocycles. The monoisotopic (exact) mass is 370 g/mol. The molecule has 1 amide bonds. The third-order valence-corrected chi connectivity index (χ3v) is 6.65. The number of nitrogens with zero attached hydrogens (tertiary/aromatic N) is 2. The first-order valence-corrected chi connectivity index (χ1v) is 10.7.